The summed E-state index contributed by atoms with van der Waals surface area (Å²) in [5.41, 5.74) is 1.08. The summed E-state index contributed by atoms with van der Waals surface area (Å²) in [6.07, 6.45) is 1.14. The number of rotatable bonds is 5. The molecule has 2 aromatic rings. The molecule has 0 saturated carbocycles. The van der Waals surface area contributed by atoms with E-state index in [4.69, 9.17) is 9.52 Å². The first-order chi connectivity index (χ1) is 8.25. The van der Waals surface area contributed by atoms with Crippen LogP contribution in [0.5, 0.6) is 0 Å². The largest absolute Gasteiger partial charge is 0.476 e. The second-order valence-electron chi connectivity index (χ2n) is 3.52. The zero-order valence-corrected chi connectivity index (χ0v) is 9.09. The molecule has 0 aliphatic rings. The summed E-state index contributed by atoms with van der Waals surface area (Å²) in [6.45, 7) is 1.09. The molecule has 17 heavy (non-hydrogen) atoms. The van der Waals surface area contributed by atoms with Crippen molar-refractivity contribution in [2.24, 2.45) is 0 Å². The SMILES string of the molecule is O=C(O)c1coc(CNCc2ccccc2)n1. The van der Waals surface area contributed by atoms with E-state index in [-0.39, 0.29) is 5.69 Å². The number of carboxylic acids is 1. The number of nitrogens with zero attached hydrogens (tertiary/aromatic N) is 1. The first kappa shape index (κ1) is 11.3. The van der Waals surface area contributed by atoms with E-state index in [9.17, 15) is 4.79 Å². The van der Waals surface area contributed by atoms with Gasteiger partial charge in [0.1, 0.15) is 6.26 Å². The second kappa shape index (κ2) is 5.27. The average molecular weight is 232 g/mol. The molecule has 5 heteroatoms. The predicted octanol–water partition coefficient (Wildman–Crippen LogP) is 1.66. The monoisotopic (exact) mass is 232 g/mol. The summed E-state index contributed by atoms with van der Waals surface area (Å²) in [4.78, 5) is 14.4. The van der Waals surface area contributed by atoms with Crippen LogP contribution >= 0.6 is 0 Å². The van der Waals surface area contributed by atoms with Gasteiger partial charge >= 0.3 is 5.97 Å². The number of carboxylic acid groups (broad SMARTS) is 1. The van der Waals surface area contributed by atoms with E-state index in [1.54, 1.807) is 0 Å². The fourth-order valence-corrected chi connectivity index (χ4v) is 1.40. The molecule has 0 amide bonds. The summed E-state index contributed by atoms with van der Waals surface area (Å²) in [6, 6.07) is 9.89. The highest BCUT2D eigenvalue weighted by atomic mass is 16.4. The van der Waals surface area contributed by atoms with Gasteiger partial charge in [0.05, 0.1) is 6.54 Å². The minimum Gasteiger partial charge on any atom is -0.476 e. The molecule has 0 aliphatic carbocycles. The molecule has 1 heterocycles. The van der Waals surface area contributed by atoms with Crippen LogP contribution in [0.1, 0.15) is 21.9 Å². The standard InChI is InChI=1S/C12H12N2O3/c15-12(16)10-8-17-11(14-10)7-13-6-9-4-2-1-3-5-9/h1-5,8,13H,6-7H2,(H,15,16). The molecule has 0 spiro atoms. The maximum absolute atomic E-state index is 10.6. The molecule has 88 valence electrons. The maximum Gasteiger partial charge on any atom is 0.357 e. The van der Waals surface area contributed by atoms with Crippen molar-refractivity contribution < 1.29 is 14.3 Å². The number of benzene rings is 1. The average Bonchev–Trinajstić information content (AvgIpc) is 2.79. The predicted molar refractivity (Wildman–Crippen MR) is 60.4 cm³/mol. The topological polar surface area (TPSA) is 75.4 Å². The molecular formula is C12H12N2O3. The first-order valence-corrected chi connectivity index (χ1v) is 5.18. The van der Waals surface area contributed by atoms with Crippen molar-refractivity contribution in [3.8, 4) is 0 Å². The van der Waals surface area contributed by atoms with Crippen molar-refractivity contribution in [1.82, 2.24) is 10.3 Å². The lowest BCUT2D eigenvalue weighted by molar-refractivity contribution is 0.0690. The Morgan fingerprint density at radius 3 is 2.71 bits per heavy atom. The molecule has 0 radical (unpaired) electrons. The highest BCUT2D eigenvalue weighted by Crippen LogP contribution is 2.02. The Labute approximate surface area is 98.1 Å². The van der Waals surface area contributed by atoms with Crippen LogP contribution < -0.4 is 5.32 Å². The molecule has 0 aliphatic heterocycles. The molecule has 5 nitrogen and oxygen atoms in total. The van der Waals surface area contributed by atoms with Gasteiger partial charge in [-0.2, -0.15) is 0 Å². The van der Waals surface area contributed by atoms with Gasteiger partial charge < -0.3 is 14.8 Å². The number of hydrogen-bond donors (Lipinski definition) is 2. The van der Waals surface area contributed by atoms with Gasteiger partial charge in [-0.25, -0.2) is 9.78 Å². The van der Waals surface area contributed by atoms with Crippen LogP contribution in [0.3, 0.4) is 0 Å². The molecule has 1 aromatic carbocycles. The fourth-order valence-electron chi connectivity index (χ4n) is 1.40. The summed E-state index contributed by atoms with van der Waals surface area (Å²) in [5, 5.41) is 11.8. The zero-order valence-electron chi connectivity index (χ0n) is 9.09. The van der Waals surface area contributed by atoms with Crippen molar-refractivity contribution in [3.05, 3.63) is 53.7 Å². The number of nitrogens with one attached hydrogen (secondary N) is 1. The van der Waals surface area contributed by atoms with Crippen LogP contribution in [0.15, 0.2) is 41.0 Å². The van der Waals surface area contributed by atoms with Crippen molar-refractivity contribution in [2.45, 2.75) is 13.1 Å². The van der Waals surface area contributed by atoms with Crippen LogP contribution in [-0.4, -0.2) is 16.1 Å². The number of hydrogen-bond acceptors (Lipinski definition) is 4. The lowest BCUT2D eigenvalue weighted by Gasteiger charge is -2.01. The van der Waals surface area contributed by atoms with E-state index in [2.05, 4.69) is 10.3 Å². The molecule has 0 saturated heterocycles. The second-order valence-corrected chi connectivity index (χ2v) is 3.52. The lowest BCUT2D eigenvalue weighted by atomic mass is 10.2. The molecule has 0 unspecified atom stereocenters. The Hall–Kier alpha value is -2.14. The van der Waals surface area contributed by atoms with Gasteiger partial charge in [-0.1, -0.05) is 30.3 Å². The first-order valence-electron chi connectivity index (χ1n) is 5.18. The van der Waals surface area contributed by atoms with Crippen LogP contribution in [0.25, 0.3) is 0 Å². The highest BCUT2D eigenvalue weighted by Gasteiger charge is 2.09. The van der Waals surface area contributed by atoms with Gasteiger partial charge in [0.2, 0.25) is 5.89 Å². The summed E-state index contributed by atoms with van der Waals surface area (Å²) in [5.74, 6) is -0.707. The highest BCUT2D eigenvalue weighted by molar-refractivity contribution is 5.84. The molecular weight excluding hydrogens is 220 g/mol. The molecule has 1 aromatic heterocycles. The number of carbonyl (C=O) groups is 1. The Morgan fingerprint density at radius 2 is 2.06 bits per heavy atom. The number of oxazole rings is 1. The van der Waals surface area contributed by atoms with Gasteiger partial charge in [-0.3, -0.25) is 0 Å². The van der Waals surface area contributed by atoms with Crippen LogP contribution in [0.2, 0.25) is 0 Å². The van der Waals surface area contributed by atoms with Gasteiger partial charge in [-0.05, 0) is 5.56 Å². The Morgan fingerprint density at radius 1 is 1.29 bits per heavy atom. The van der Waals surface area contributed by atoms with Crippen molar-refractivity contribution in [1.29, 1.82) is 0 Å². The van der Waals surface area contributed by atoms with E-state index >= 15 is 0 Å². The van der Waals surface area contributed by atoms with Gasteiger partial charge in [0, 0.05) is 6.54 Å². The lowest BCUT2D eigenvalue weighted by Crippen LogP contribution is -2.13. The Balaban J connectivity index is 1.84. The maximum atomic E-state index is 10.6. The number of aromatic carboxylic acids is 1. The summed E-state index contributed by atoms with van der Waals surface area (Å²) in [7, 11) is 0. The van der Waals surface area contributed by atoms with Crippen LogP contribution in [0, 0.1) is 0 Å². The smallest absolute Gasteiger partial charge is 0.357 e. The minimum absolute atomic E-state index is 0.0680. The van der Waals surface area contributed by atoms with E-state index in [0.29, 0.717) is 19.0 Å². The van der Waals surface area contributed by atoms with Gasteiger partial charge in [0.15, 0.2) is 5.69 Å². The number of aromatic nitrogens is 1. The van der Waals surface area contributed by atoms with Crippen molar-refractivity contribution in [3.63, 3.8) is 0 Å². The zero-order chi connectivity index (χ0) is 12.1. The third-order valence-electron chi connectivity index (χ3n) is 2.22. The van der Waals surface area contributed by atoms with Gasteiger partial charge in [-0.15, -0.1) is 0 Å². The normalized spacial score (nSPS) is 10.4. The van der Waals surface area contributed by atoms with Crippen LogP contribution in [-0.2, 0) is 13.1 Å². The van der Waals surface area contributed by atoms with Crippen molar-refractivity contribution >= 4 is 5.97 Å². The van der Waals surface area contributed by atoms with E-state index < -0.39 is 5.97 Å². The van der Waals surface area contributed by atoms with E-state index in [1.165, 1.54) is 0 Å². The minimum atomic E-state index is -1.08. The van der Waals surface area contributed by atoms with Crippen molar-refractivity contribution in [2.75, 3.05) is 0 Å². The van der Waals surface area contributed by atoms with E-state index in [1.807, 2.05) is 30.3 Å². The molecule has 0 fully saturated rings. The van der Waals surface area contributed by atoms with E-state index in [0.717, 1.165) is 11.8 Å². The fraction of sp³-hybridized carbons (Fsp3) is 0.167. The van der Waals surface area contributed by atoms with Gasteiger partial charge in [0.25, 0.3) is 0 Å². The molecule has 2 rings (SSSR count). The molecule has 2 N–H and O–H groups in total. The molecule has 0 atom stereocenters. The Kier molecular flexibility index (Phi) is 3.52. The van der Waals surface area contributed by atoms with Crippen LogP contribution in [0.4, 0.5) is 0 Å². The summed E-state index contributed by atoms with van der Waals surface area (Å²) < 4.78 is 5.01. The third kappa shape index (κ3) is 3.15. The third-order valence-corrected chi connectivity index (χ3v) is 2.22. The Bertz CT molecular complexity index is 493. The quantitative estimate of drug-likeness (QED) is 0.820. The molecule has 0 bridgehead atoms. The summed E-state index contributed by atoms with van der Waals surface area (Å²) >= 11 is 0.